The van der Waals surface area contributed by atoms with Crippen LogP contribution in [0.25, 0.3) is 11.1 Å². The van der Waals surface area contributed by atoms with Crippen LogP contribution in [0.4, 0.5) is 11.7 Å². The fourth-order valence-corrected chi connectivity index (χ4v) is 1.94. The van der Waals surface area contributed by atoms with E-state index in [4.69, 9.17) is 14.9 Å². The molecule has 0 spiro atoms. The lowest BCUT2D eigenvalue weighted by Crippen LogP contribution is -1.99. The minimum Gasteiger partial charge on any atom is -0.497 e. The number of benzene rings is 2. The summed E-state index contributed by atoms with van der Waals surface area (Å²) < 4.78 is 10.7. The Hall–Kier alpha value is -2.69. The predicted octanol–water partition coefficient (Wildman–Crippen LogP) is 3.03. The van der Waals surface area contributed by atoms with Crippen LogP contribution in [0.3, 0.4) is 0 Å². The smallest absolute Gasteiger partial charge is 0.295 e. The molecule has 0 aliphatic rings. The first-order valence-electron chi connectivity index (χ1n) is 6.27. The topological polar surface area (TPSA) is 73.3 Å². The first kappa shape index (κ1) is 12.3. The Kier molecular flexibility index (Phi) is 3.16. The number of oxazole rings is 1. The maximum absolute atomic E-state index is 5.71. The van der Waals surface area contributed by atoms with E-state index in [0.29, 0.717) is 18.2 Å². The van der Waals surface area contributed by atoms with Gasteiger partial charge in [-0.25, -0.2) is 0 Å². The molecular weight excluding hydrogens is 254 g/mol. The number of methoxy groups -OCH3 is 1. The van der Waals surface area contributed by atoms with Crippen molar-refractivity contribution in [1.82, 2.24) is 4.98 Å². The molecule has 2 aromatic carbocycles. The third-order valence-electron chi connectivity index (χ3n) is 3.01. The molecule has 0 saturated heterocycles. The molecular formula is C15H15N3O2. The van der Waals surface area contributed by atoms with E-state index in [-0.39, 0.29) is 0 Å². The van der Waals surface area contributed by atoms with Gasteiger partial charge in [0, 0.05) is 12.2 Å². The van der Waals surface area contributed by atoms with Crippen LogP contribution in [-0.2, 0) is 6.54 Å². The molecule has 3 N–H and O–H groups in total. The molecule has 0 atom stereocenters. The SMILES string of the molecule is COc1ccc(CNc2nc3cc(N)ccc3o2)cc1. The van der Waals surface area contributed by atoms with Crippen LogP contribution in [0.15, 0.2) is 46.9 Å². The van der Waals surface area contributed by atoms with E-state index >= 15 is 0 Å². The maximum atomic E-state index is 5.71. The van der Waals surface area contributed by atoms with Crippen LogP contribution >= 0.6 is 0 Å². The van der Waals surface area contributed by atoms with Crippen LogP contribution in [0, 0.1) is 0 Å². The summed E-state index contributed by atoms with van der Waals surface area (Å²) in [4.78, 5) is 4.34. The van der Waals surface area contributed by atoms with Crippen molar-refractivity contribution >= 4 is 22.8 Å². The Labute approximate surface area is 116 Å². The van der Waals surface area contributed by atoms with Gasteiger partial charge in [0.15, 0.2) is 5.58 Å². The first-order chi connectivity index (χ1) is 9.74. The standard InChI is InChI=1S/C15H15N3O2/c1-19-12-5-2-10(3-6-12)9-17-15-18-13-8-11(16)4-7-14(13)20-15/h2-8H,9,16H2,1H3,(H,17,18). The van der Waals surface area contributed by atoms with E-state index in [2.05, 4.69) is 10.3 Å². The van der Waals surface area contributed by atoms with Crippen LogP contribution in [0.5, 0.6) is 5.75 Å². The highest BCUT2D eigenvalue weighted by Crippen LogP contribution is 2.21. The number of nitrogens with two attached hydrogens (primary N) is 1. The molecule has 3 aromatic rings. The van der Waals surface area contributed by atoms with Gasteiger partial charge >= 0.3 is 0 Å². The van der Waals surface area contributed by atoms with E-state index in [0.717, 1.165) is 22.4 Å². The van der Waals surface area contributed by atoms with Crippen LogP contribution in [0.2, 0.25) is 0 Å². The number of rotatable bonds is 4. The molecule has 20 heavy (non-hydrogen) atoms. The second-order valence-electron chi connectivity index (χ2n) is 4.45. The van der Waals surface area contributed by atoms with E-state index < -0.39 is 0 Å². The molecule has 1 heterocycles. The van der Waals surface area contributed by atoms with E-state index in [1.807, 2.05) is 30.3 Å². The van der Waals surface area contributed by atoms with Crippen molar-refractivity contribution in [1.29, 1.82) is 0 Å². The Morgan fingerprint density at radius 2 is 2.00 bits per heavy atom. The number of ether oxygens (including phenoxy) is 1. The average Bonchev–Trinajstić information content (AvgIpc) is 2.87. The van der Waals surface area contributed by atoms with Crippen molar-refractivity contribution in [3.8, 4) is 5.75 Å². The van der Waals surface area contributed by atoms with Gasteiger partial charge in [-0.1, -0.05) is 12.1 Å². The highest BCUT2D eigenvalue weighted by atomic mass is 16.5. The molecule has 3 rings (SSSR count). The third-order valence-corrected chi connectivity index (χ3v) is 3.01. The lowest BCUT2D eigenvalue weighted by Gasteiger charge is -2.03. The molecule has 0 fully saturated rings. The van der Waals surface area contributed by atoms with Crippen molar-refractivity contribution in [2.24, 2.45) is 0 Å². The molecule has 0 unspecified atom stereocenters. The lowest BCUT2D eigenvalue weighted by atomic mass is 10.2. The normalized spacial score (nSPS) is 10.7. The van der Waals surface area contributed by atoms with Crippen LogP contribution in [0.1, 0.15) is 5.56 Å². The predicted molar refractivity (Wildman–Crippen MR) is 78.7 cm³/mol. The third kappa shape index (κ3) is 2.51. The summed E-state index contributed by atoms with van der Waals surface area (Å²) in [6, 6.07) is 13.7. The second-order valence-corrected chi connectivity index (χ2v) is 4.45. The summed E-state index contributed by atoms with van der Waals surface area (Å²) in [5.41, 5.74) is 8.97. The van der Waals surface area contributed by atoms with Crippen molar-refractivity contribution in [2.75, 3.05) is 18.2 Å². The minimum absolute atomic E-state index is 0.487. The molecule has 102 valence electrons. The molecule has 5 nitrogen and oxygen atoms in total. The molecule has 0 aliphatic heterocycles. The van der Waals surface area contributed by atoms with Crippen molar-refractivity contribution in [3.63, 3.8) is 0 Å². The van der Waals surface area contributed by atoms with Gasteiger partial charge in [-0.05, 0) is 35.9 Å². The van der Waals surface area contributed by atoms with Gasteiger partial charge in [0.2, 0.25) is 0 Å². The second kappa shape index (κ2) is 5.13. The van der Waals surface area contributed by atoms with E-state index in [1.54, 1.807) is 19.2 Å². The quantitative estimate of drug-likeness (QED) is 0.712. The van der Waals surface area contributed by atoms with E-state index in [1.165, 1.54) is 0 Å². The first-order valence-corrected chi connectivity index (χ1v) is 6.27. The maximum Gasteiger partial charge on any atom is 0.295 e. The van der Waals surface area contributed by atoms with Crippen LogP contribution < -0.4 is 15.8 Å². The molecule has 0 saturated carbocycles. The number of hydrogen-bond acceptors (Lipinski definition) is 5. The zero-order valence-corrected chi connectivity index (χ0v) is 11.1. The summed E-state index contributed by atoms with van der Waals surface area (Å²) in [6.45, 7) is 0.631. The minimum atomic E-state index is 0.487. The number of aromatic nitrogens is 1. The van der Waals surface area contributed by atoms with Gasteiger partial charge in [-0.2, -0.15) is 4.98 Å². The average molecular weight is 269 g/mol. The molecule has 5 heteroatoms. The van der Waals surface area contributed by atoms with Crippen molar-refractivity contribution < 1.29 is 9.15 Å². The molecule has 0 bridgehead atoms. The van der Waals surface area contributed by atoms with Crippen molar-refractivity contribution in [3.05, 3.63) is 48.0 Å². The fourth-order valence-electron chi connectivity index (χ4n) is 1.94. The number of fused-ring (bicyclic) bond motifs is 1. The number of nitrogens with zero attached hydrogens (tertiary/aromatic N) is 1. The lowest BCUT2D eigenvalue weighted by molar-refractivity contribution is 0.414. The largest absolute Gasteiger partial charge is 0.497 e. The number of nitrogens with one attached hydrogen (secondary N) is 1. The molecule has 0 radical (unpaired) electrons. The van der Waals surface area contributed by atoms with Gasteiger partial charge in [-0.3, -0.25) is 0 Å². The number of anilines is 2. The highest BCUT2D eigenvalue weighted by molar-refractivity contribution is 5.78. The Bertz CT molecular complexity index is 720. The fraction of sp³-hybridized carbons (Fsp3) is 0.133. The van der Waals surface area contributed by atoms with Gasteiger partial charge < -0.3 is 20.2 Å². The van der Waals surface area contributed by atoms with Gasteiger partial charge in [-0.15, -0.1) is 0 Å². The number of nitrogen functional groups attached to an aromatic ring is 1. The Morgan fingerprint density at radius 1 is 1.20 bits per heavy atom. The summed E-state index contributed by atoms with van der Waals surface area (Å²) in [5.74, 6) is 0.839. The van der Waals surface area contributed by atoms with Crippen LogP contribution in [-0.4, -0.2) is 12.1 Å². The summed E-state index contributed by atoms with van der Waals surface area (Å²) >= 11 is 0. The summed E-state index contributed by atoms with van der Waals surface area (Å²) in [7, 11) is 1.65. The monoisotopic (exact) mass is 269 g/mol. The Balaban J connectivity index is 1.72. The zero-order valence-electron chi connectivity index (χ0n) is 11.1. The van der Waals surface area contributed by atoms with Gasteiger partial charge in [0.1, 0.15) is 11.3 Å². The summed E-state index contributed by atoms with van der Waals surface area (Å²) in [5, 5.41) is 3.15. The van der Waals surface area contributed by atoms with Gasteiger partial charge in [0.25, 0.3) is 6.01 Å². The van der Waals surface area contributed by atoms with E-state index in [9.17, 15) is 0 Å². The Morgan fingerprint density at radius 3 is 2.75 bits per heavy atom. The summed E-state index contributed by atoms with van der Waals surface area (Å²) in [6.07, 6.45) is 0. The number of hydrogen-bond donors (Lipinski definition) is 2. The van der Waals surface area contributed by atoms with Gasteiger partial charge in [0.05, 0.1) is 7.11 Å². The molecule has 0 amide bonds. The van der Waals surface area contributed by atoms with Crippen molar-refractivity contribution in [2.45, 2.75) is 6.54 Å². The zero-order chi connectivity index (χ0) is 13.9. The molecule has 0 aliphatic carbocycles. The molecule has 1 aromatic heterocycles. The highest BCUT2D eigenvalue weighted by Gasteiger charge is 2.05.